The fourth-order valence-corrected chi connectivity index (χ4v) is 5.10. The van der Waals surface area contributed by atoms with Crippen LogP contribution in [0.2, 0.25) is 5.02 Å². The highest BCUT2D eigenvalue weighted by atomic mass is 35.5. The van der Waals surface area contributed by atoms with Gasteiger partial charge in [-0.3, -0.25) is 9.59 Å². The second kappa shape index (κ2) is 10.6. The number of hydrogen-bond donors (Lipinski definition) is 1. The average Bonchev–Trinajstić information content (AvgIpc) is 3.10. The molecule has 0 bridgehead atoms. The summed E-state index contributed by atoms with van der Waals surface area (Å²) in [5, 5.41) is 4.33. The number of esters is 1. The van der Waals surface area contributed by atoms with Crippen molar-refractivity contribution in [2.45, 2.75) is 44.6 Å². The predicted molar refractivity (Wildman–Crippen MR) is 133 cm³/mol. The second-order valence-electron chi connectivity index (χ2n) is 8.37. The van der Waals surface area contributed by atoms with E-state index < -0.39 is 21.6 Å². The lowest BCUT2D eigenvalue weighted by Crippen LogP contribution is -2.28. The van der Waals surface area contributed by atoms with E-state index in [4.69, 9.17) is 16.3 Å². The van der Waals surface area contributed by atoms with Gasteiger partial charge in [0.05, 0.1) is 28.1 Å². The Balaban J connectivity index is 1.70. The number of hydrogen-bond acceptors (Lipinski definition) is 5. The molecule has 0 aliphatic rings. The van der Waals surface area contributed by atoms with Gasteiger partial charge in [-0.25, -0.2) is 8.42 Å². The molecule has 0 radical (unpaired) electrons. The third kappa shape index (κ3) is 5.80. The molecule has 34 heavy (non-hydrogen) atoms. The van der Waals surface area contributed by atoms with Crippen LogP contribution in [0.5, 0.6) is 0 Å². The SMILES string of the molecule is CCCCOC(=O)CS(=O)(=O)c1ccc([C@@H](C)NC(=O)c2cc3c(Cl)cc(C)cc3n2C)cc1. The van der Waals surface area contributed by atoms with Crippen molar-refractivity contribution in [3.63, 3.8) is 0 Å². The molecule has 3 rings (SSSR count). The van der Waals surface area contributed by atoms with Gasteiger partial charge in [0.15, 0.2) is 15.6 Å². The van der Waals surface area contributed by atoms with E-state index in [1.807, 2.05) is 40.0 Å². The molecule has 0 aliphatic heterocycles. The van der Waals surface area contributed by atoms with E-state index >= 15 is 0 Å². The zero-order chi connectivity index (χ0) is 25.0. The predicted octanol–water partition coefficient (Wildman–Crippen LogP) is 4.75. The van der Waals surface area contributed by atoms with Gasteiger partial charge in [-0.15, -0.1) is 0 Å². The summed E-state index contributed by atoms with van der Waals surface area (Å²) in [5.74, 6) is -1.74. The quantitative estimate of drug-likeness (QED) is 0.335. The van der Waals surface area contributed by atoms with Crippen LogP contribution in [-0.4, -0.2) is 37.2 Å². The number of carbonyl (C=O) groups excluding carboxylic acids is 2. The molecule has 0 saturated carbocycles. The van der Waals surface area contributed by atoms with E-state index in [1.54, 1.807) is 22.8 Å². The number of fused-ring (bicyclic) bond motifs is 1. The van der Waals surface area contributed by atoms with Crippen molar-refractivity contribution >= 4 is 44.2 Å². The number of halogens is 1. The lowest BCUT2D eigenvalue weighted by molar-refractivity contribution is -0.140. The Bertz CT molecular complexity index is 1310. The smallest absolute Gasteiger partial charge is 0.321 e. The van der Waals surface area contributed by atoms with Crippen LogP contribution in [0, 0.1) is 6.92 Å². The minimum absolute atomic E-state index is 0.0286. The van der Waals surface area contributed by atoms with E-state index in [2.05, 4.69) is 5.32 Å². The molecule has 0 aliphatic carbocycles. The van der Waals surface area contributed by atoms with Gasteiger partial charge in [0.1, 0.15) is 5.69 Å². The number of sulfone groups is 1. The number of nitrogens with zero attached hydrogens (tertiary/aromatic N) is 1. The molecular formula is C25H29ClN2O5S. The van der Waals surface area contributed by atoms with Crippen LogP contribution in [0.4, 0.5) is 0 Å². The fraction of sp³-hybridized carbons (Fsp3) is 0.360. The van der Waals surface area contributed by atoms with Gasteiger partial charge in [0.25, 0.3) is 5.91 Å². The molecule has 7 nitrogen and oxygen atoms in total. The third-order valence-electron chi connectivity index (χ3n) is 5.64. The highest BCUT2D eigenvalue weighted by Crippen LogP contribution is 2.28. The molecule has 3 aromatic rings. The Morgan fingerprint density at radius 2 is 1.82 bits per heavy atom. The van der Waals surface area contributed by atoms with Gasteiger partial charge in [-0.05, 0) is 61.7 Å². The Labute approximate surface area is 205 Å². The molecule has 2 aromatic carbocycles. The monoisotopic (exact) mass is 504 g/mol. The molecule has 0 unspecified atom stereocenters. The zero-order valence-electron chi connectivity index (χ0n) is 19.7. The van der Waals surface area contributed by atoms with Gasteiger partial charge < -0.3 is 14.6 Å². The molecule has 0 saturated heterocycles. The first-order valence-electron chi connectivity index (χ1n) is 11.1. The molecule has 9 heteroatoms. The maximum atomic E-state index is 12.9. The number of aryl methyl sites for hydroxylation is 2. The van der Waals surface area contributed by atoms with Crippen LogP contribution in [-0.2, 0) is 26.4 Å². The van der Waals surface area contributed by atoms with Crippen molar-refractivity contribution in [2.24, 2.45) is 7.05 Å². The standard InChI is InChI=1S/C25H29ClN2O5S/c1-5-6-11-33-24(29)15-34(31,32)19-9-7-18(8-10-19)17(3)27-25(30)23-14-20-21(26)12-16(2)13-22(20)28(23)4/h7-10,12-14,17H,5-6,11,15H2,1-4H3,(H,27,30)/t17-/m1/s1. The maximum Gasteiger partial charge on any atom is 0.321 e. The van der Waals surface area contributed by atoms with Crippen molar-refractivity contribution in [3.05, 3.63) is 64.3 Å². The van der Waals surface area contributed by atoms with Crippen LogP contribution < -0.4 is 5.32 Å². The number of benzene rings is 2. The van der Waals surface area contributed by atoms with Gasteiger partial charge in [-0.1, -0.05) is 37.1 Å². The molecular weight excluding hydrogens is 476 g/mol. The minimum atomic E-state index is -3.81. The minimum Gasteiger partial charge on any atom is -0.465 e. The van der Waals surface area contributed by atoms with Gasteiger partial charge in [0.2, 0.25) is 0 Å². The number of ether oxygens (including phenoxy) is 1. The van der Waals surface area contributed by atoms with Crippen LogP contribution >= 0.6 is 11.6 Å². The van der Waals surface area contributed by atoms with Crippen molar-refractivity contribution < 1.29 is 22.7 Å². The number of unbranched alkanes of at least 4 members (excludes halogenated alkanes) is 1. The topological polar surface area (TPSA) is 94.5 Å². The van der Waals surface area contributed by atoms with E-state index in [1.165, 1.54) is 12.1 Å². The van der Waals surface area contributed by atoms with Gasteiger partial charge >= 0.3 is 5.97 Å². The molecule has 1 N–H and O–H groups in total. The van der Waals surface area contributed by atoms with Crippen LogP contribution in [0.3, 0.4) is 0 Å². The third-order valence-corrected chi connectivity index (χ3v) is 7.56. The number of rotatable bonds is 9. The van der Waals surface area contributed by atoms with Crippen molar-refractivity contribution in [1.82, 2.24) is 9.88 Å². The Morgan fingerprint density at radius 3 is 2.47 bits per heavy atom. The number of carbonyl (C=O) groups is 2. The summed E-state index contributed by atoms with van der Waals surface area (Å²) < 4.78 is 31.8. The second-order valence-corrected chi connectivity index (χ2v) is 10.8. The summed E-state index contributed by atoms with van der Waals surface area (Å²) in [6.45, 7) is 5.92. The van der Waals surface area contributed by atoms with E-state index in [9.17, 15) is 18.0 Å². The van der Waals surface area contributed by atoms with Gasteiger partial charge in [0, 0.05) is 12.4 Å². The average molecular weight is 505 g/mol. The first-order chi connectivity index (χ1) is 16.0. The van der Waals surface area contributed by atoms with Crippen molar-refractivity contribution in [3.8, 4) is 0 Å². The molecule has 0 fully saturated rings. The summed E-state index contributed by atoms with van der Waals surface area (Å²) in [6.07, 6.45) is 1.54. The highest BCUT2D eigenvalue weighted by molar-refractivity contribution is 7.92. The normalized spacial score (nSPS) is 12.5. The van der Waals surface area contributed by atoms with E-state index in [0.29, 0.717) is 17.1 Å². The summed E-state index contributed by atoms with van der Waals surface area (Å²) in [7, 11) is -2.00. The molecule has 182 valence electrons. The first kappa shape index (κ1) is 25.8. The molecule has 1 atom stereocenters. The Kier molecular flexibility index (Phi) is 8.05. The molecule has 1 aromatic heterocycles. The van der Waals surface area contributed by atoms with Crippen LogP contribution in [0.15, 0.2) is 47.4 Å². The summed E-state index contributed by atoms with van der Waals surface area (Å²) in [5.41, 5.74) is 3.06. The van der Waals surface area contributed by atoms with Gasteiger partial charge in [-0.2, -0.15) is 0 Å². The lowest BCUT2D eigenvalue weighted by atomic mass is 10.1. The summed E-state index contributed by atoms with van der Waals surface area (Å²) in [4.78, 5) is 24.8. The lowest BCUT2D eigenvalue weighted by Gasteiger charge is -2.15. The fourth-order valence-electron chi connectivity index (χ4n) is 3.66. The van der Waals surface area contributed by atoms with Crippen molar-refractivity contribution in [2.75, 3.05) is 12.4 Å². The van der Waals surface area contributed by atoms with Crippen LogP contribution in [0.25, 0.3) is 10.9 Å². The van der Waals surface area contributed by atoms with Crippen LogP contribution in [0.1, 0.15) is 54.3 Å². The molecule has 1 heterocycles. The number of aromatic nitrogens is 1. The number of amides is 1. The number of nitrogens with one attached hydrogen (secondary N) is 1. The van der Waals surface area contributed by atoms with Crippen molar-refractivity contribution in [1.29, 1.82) is 0 Å². The zero-order valence-corrected chi connectivity index (χ0v) is 21.3. The molecule has 0 spiro atoms. The van der Waals surface area contributed by atoms with E-state index in [-0.39, 0.29) is 23.5 Å². The summed E-state index contributed by atoms with van der Waals surface area (Å²) >= 11 is 6.35. The largest absolute Gasteiger partial charge is 0.465 e. The highest BCUT2D eigenvalue weighted by Gasteiger charge is 2.22. The molecule has 1 amide bonds. The van der Waals surface area contributed by atoms with E-state index in [0.717, 1.165) is 28.5 Å². The maximum absolute atomic E-state index is 12.9. The summed E-state index contributed by atoms with van der Waals surface area (Å²) in [6, 6.07) is 11.3. The Hall–Kier alpha value is -2.84. The Morgan fingerprint density at radius 1 is 1.15 bits per heavy atom. The first-order valence-corrected chi connectivity index (χ1v) is 13.1.